The van der Waals surface area contributed by atoms with Crippen molar-refractivity contribution in [2.75, 3.05) is 0 Å². The summed E-state index contributed by atoms with van der Waals surface area (Å²) in [4.78, 5) is 18.4. The number of carbonyl (C=O) groups is 1. The van der Waals surface area contributed by atoms with Gasteiger partial charge in [-0.3, -0.25) is 4.79 Å². The van der Waals surface area contributed by atoms with Crippen molar-refractivity contribution >= 4 is 5.78 Å². The first-order valence-electron chi connectivity index (χ1n) is 5.67. The third kappa shape index (κ3) is 2.61. The molecule has 88 valence electrons. The molecule has 17 heavy (non-hydrogen) atoms. The number of Topliss-reactive ketones (excluding diaryl/α,β-unsaturated/α-hetero) is 1. The van der Waals surface area contributed by atoms with Crippen molar-refractivity contribution in [3.63, 3.8) is 0 Å². The number of aryl methyl sites for hydroxylation is 2. The van der Waals surface area contributed by atoms with Gasteiger partial charge in [-0.05, 0) is 32.4 Å². The van der Waals surface area contributed by atoms with E-state index in [4.69, 9.17) is 0 Å². The Morgan fingerprint density at radius 1 is 1.35 bits per heavy atom. The Morgan fingerprint density at radius 3 is 2.82 bits per heavy atom. The molecule has 1 aromatic carbocycles. The van der Waals surface area contributed by atoms with Gasteiger partial charge in [-0.25, -0.2) is 4.98 Å². The quantitative estimate of drug-likeness (QED) is 0.878. The number of nitrogens with zero attached hydrogens (tertiary/aromatic N) is 1. The third-order valence-electron chi connectivity index (χ3n) is 2.73. The highest BCUT2D eigenvalue weighted by molar-refractivity contribution is 5.77. The topological polar surface area (TPSA) is 45.8 Å². The number of ketones is 1. The van der Waals surface area contributed by atoms with Crippen molar-refractivity contribution in [2.24, 2.45) is 0 Å². The lowest BCUT2D eigenvalue weighted by atomic mass is 10.0. The molecular formula is C14H16N2O. The van der Waals surface area contributed by atoms with Crippen LogP contribution in [0.4, 0.5) is 0 Å². The van der Waals surface area contributed by atoms with Gasteiger partial charge in [0.05, 0.1) is 18.3 Å². The van der Waals surface area contributed by atoms with Gasteiger partial charge < -0.3 is 4.98 Å². The average molecular weight is 228 g/mol. The summed E-state index contributed by atoms with van der Waals surface area (Å²) in [7, 11) is 0. The number of nitrogens with one attached hydrogen (secondary N) is 1. The van der Waals surface area contributed by atoms with Crippen LogP contribution in [-0.4, -0.2) is 15.8 Å². The minimum Gasteiger partial charge on any atom is -0.342 e. The Kier molecular flexibility index (Phi) is 3.09. The SMILES string of the molecule is CC(=O)Cc1ncc(-c2cc(C)ccc2C)[nH]1. The van der Waals surface area contributed by atoms with E-state index in [2.05, 4.69) is 42.0 Å². The number of aromatic nitrogens is 2. The zero-order valence-electron chi connectivity index (χ0n) is 10.4. The van der Waals surface area contributed by atoms with E-state index in [9.17, 15) is 4.79 Å². The number of hydrogen-bond acceptors (Lipinski definition) is 2. The summed E-state index contributed by atoms with van der Waals surface area (Å²) < 4.78 is 0. The fourth-order valence-corrected chi connectivity index (χ4v) is 1.85. The van der Waals surface area contributed by atoms with Gasteiger partial charge in [-0.15, -0.1) is 0 Å². The first kappa shape index (κ1) is 11.6. The van der Waals surface area contributed by atoms with E-state index in [1.165, 1.54) is 11.1 Å². The number of H-pyrrole nitrogens is 1. The van der Waals surface area contributed by atoms with Crippen LogP contribution in [0, 0.1) is 13.8 Å². The van der Waals surface area contributed by atoms with Gasteiger partial charge in [0.1, 0.15) is 11.6 Å². The molecule has 0 atom stereocenters. The van der Waals surface area contributed by atoms with E-state index < -0.39 is 0 Å². The minimum absolute atomic E-state index is 0.117. The number of imidazole rings is 1. The van der Waals surface area contributed by atoms with Crippen molar-refractivity contribution < 1.29 is 4.79 Å². The Balaban J connectivity index is 2.36. The second-order valence-electron chi connectivity index (χ2n) is 4.44. The second kappa shape index (κ2) is 4.53. The molecule has 1 N–H and O–H groups in total. The van der Waals surface area contributed by atoms with Crippen LogP contribution >= 0.6 is 0 Å². The van der Waals surface area contributed by atoms with Crippen molar-refractivity contribution in [3.05, 3.63) is 41.3 Å². The molecule has 0 radical (unpaired) electrons. The first-order chi connectivity index (χ1) is 8.06. The maximum atomic E-state index is 11.0. The van der Waals surface area contributed by atoms with Gasteiger partial charge in [-0.2, -0.15) is 0 Å². The Hall–Kier alpha value is -1.90. The molecule has 0 unspecified atom stereocenters. The molecule has 3 heteroatoms. The summed E-state index contributed by atoms with van der Waals surface area (Å²) in [5.41, 5.74) is 4.54. The summed E-state index contributed by atoms with van der Waals surface area (Å²) in [6.45, 7) is 5.70. The predicted molar refractivity (Wildman–Crippen MR) is 67.9 cm³/mol. The molecular weight excluding hydrogens is 212 g/mol. The fourth-order valence-electron chi connectivity index (χ4n) is 1.85. The predicted octanol–water partition coefficient (Wildman–Crippen LogP) is 2.83. The molecule has 1 aromatic heterocycles. The smallest absolute Gasteiger partial charge is 0.137 e. The molecule has 0 amide bonds. The maximum Gasteiger partial charge on any atom is 0.137 e. The normalized spacial score (nSPS) is 10.5. The Bertz CT molecular complexity index is 555. The van der Waals surface area contributed by atoms with Gasteiger partial charge >= 0.3 is 0 Å². The molecule has 3 nitrogen and oxygen atoms in total. The second-order valence-corrected chi connectivity index (χ2v) is 4.44. The lowest BCUT2D eigenvalue weighted by Crippen LogP contribution is -1.98. The molecule has 0 aliphatic rings. The average Bonchev–Trinajstić information content (AvgIpc) is 2.69. The maximum absolute atomic E-state index is 11.0. The Morgan fingerprint density at radius 2 is 2.12 bits per heavy atom. The van der Waals surface area contributed by atoms with E-state index in [-0.39, 0.29) is 5.78 Å². The van der Waals surface area contributed by atoms with Crippen molar-refractivity contribution in [1.29, 1.82) is 0 Å². The molecule has 0 saturated heterocycles. The molecule has 0 saturated carbocycles. The summed E-state index contributed by atoms with van der Waals surface area (Å²) >= 11 is 0. The van der Waals surface area contributed by atoms with E-state index in [0.29, 0.717) is 6.42 Å². The highest BCUT2D eigenvalue weighted by Gasteiger charge is 2.07. The van der Waals surface area contributed by atoms with Crippen LogP contribution in [0.5, 0.6) is 0 Å². The highest BCUT2D eigenvalue weighted by Crippen LogP contribution is 2.22. The van der Waals surface area contributed by atoms with E-state index in [1.807, 2.05) is 0 Å². The number of hydrogen-bond donors (Lipinski definition) is 1. The minimum atomic E-state index is 0.117. The van der Waals surface area contributed by atoms with Crippen LogP contribution in [0.25, 0.3) is 11.3 Å². The molecule has 0 aliphatic heterocycles. The highest BCUT2D eigenvalue weighted by atomic mass is 16.1. The van der Waals surface area contributed by atoms with E-state index >= 15 is 0 Å². The number of carbonyl (C=O) groups excluding carboxylic acids is 1. The monoisotopic (exact) mass is 228 g/mol. The molecule has 0 bridgehead atoms. The van der Waals surface area contributed by atoms with Crippen LogP contribution in [0.15, 0.2) is 24.4 Å². The standard InChI is InChI=1S/C14H16N2O/c1-9-4-5-10(2)12(6-9)13-8-15-14(16-13)7-11(3)17/h4-6,8H,7H2,1-3H3,(H,15,16). The summed E-state index contributed by atoms with van der Waals surface area (Å²) in [5, 5.41) is 0. The van der Waals surface area contributed by atoms with E-state index in [1.54, 1.807) is 13.1 Å². The zero-order valence-corrected chi connectivity index (χ0v) is 10.4. The largest absolute Gasteiger partial charge is 0.342 e. The van der Waals surface area contributed by atoms with Crippen LogP contribution in [0.3, 0.4) is 0 Å². The van der Waals surface area contributed by atoms with Gasteiger partial charge in [0, 0.05) is 5.56 Å². The molecule has 2 aromatic rings. The van der Waals surface area contributed by atoms with E-state index in [0.717, 1.165) is 17.1 Å². The lowest BCUT2D eigenvalue weighted by molar-refractivity contribution is -0.116. The number of rotatable bonds is 3. The van der Waals surface area contributed by atoms with Gasteiger partial charge in [0.15, 0.2) is 0 Å². The van der Waals surface area contributed by atoms with Crippen LogP contribution < -0.4 is 0 Å². The fraction of sp³-hybridized carbons (Fsp3) is 0.286. The zero-order chi connectivity index (χ0) is 12.4. The first-order valence-corrected chi connectivity index (χ1v) is 5.67. The third-order valence-corrected chi connectivity index (χ3v) is 2.73. The van der Waals surface area contributed by atoms with Crippen molar-refractivity contribution in [2.45, 2.75) is 27.2 Å². The molecule has 0 aliphatic carbocycles. The lowest BCUT2D eigenvalue weighted by Gasteiger charge is -2.04. The summed E-state index contributed by atoms with van der Waals surface area (Å²) in [6.07, 6.45) is 2.16. The van der Waals surface area contributed by atoms with Crippen LogP contribution in [0.2, 0.25) is 0 Å². The number of aromatic amines is 1. The van der Waals surface area contributed by atoms with Crippen molar-refractivity contribution in [3.8, 4) is 11.3 Å². The van der Waals surface area contributed by atoms with Crippen LogP contribution in [-0.2, 0) is 11.2 Å². The van der Waals surface area contributed by atoms with Gasteiger partial charge in [0.2, 0.25) is 0 Å². The summed E-state index contributed by atoms with van der Waals surface area (Å²) in [6, 6.07) is 6.31. The molecule has 1 heterocycles. The molecule has 2 rings (SSSR count). The van der Waals surface area contributed by atoms with Gasteiger partial charge in [-0.1, -0.05) is 17.7 Å². The Labute approximate surface area is 101 Å². The summed E-state index contributed by atoms with van der Waals surface area (Å²) in [5.74, 6) is 0.847. The van der Waals surface area contributed by atoms with Crippen molar-refractivity contribution in [1.82, 2.24) is 9.97 Å². The molecule has 0 fully saturated rings. The number of benzene rings is 1. The molecule has 0 spiro atoms. The van der Waals surface area contributed by atoms with Gasteiger partial charge in [0.25, 0.3) is 0 Å². The van der Waals surface area contributed by atoms with Crippen LogP contribution in [0.1, 0.15) is 23.9 Å².